The Morgan fingerprint density at radius 2 is 2.27 bits per heavy atom. The first-order chi connectivity index (χ1) is 12.6. The number of allylic oxidation sites excluding steroid dienone is 1. The minimum atomic E-state index is 0.0827. The van der Waals surface area contributed by atoms with Crippen LogP contribution in [0, 0.1) is 16.2 Å². The van der Waals surface area contributed by atoms with Crippen molar-refractivity contribution in [1.29, 1.82) is 16.2 Å². The van der Waals surface area contributed by atoms with Crippen LogP contribution in [0.2, 0.25) is 0 Å². The predicted molar refractivity (Wildman–Crippen MR) is 105 cm³/mol. The number of nitrogens with zero attached hydrogens (tertiary/aromatic N) is 4. The molecule has 1 saturated heterocycles. The van der Waals surface area contributed by atoms with Gasteiger partial charge in [-0.2, -0.15) is 9.78 Å². The van der Waals surface area contributed by atoms with Gasteiger partial charge in [0.15, 0.2) is 5.65 Å². The minimum absolute atomic E-state index is 0.0827. The lowest BCUT2D eigenvalue weighted by Crippen LogP contribution is -2.44. The number of ether oxygens (including phenoxy) is 1. The fourth-order valence-corrected chi connectivity index (χ4v) is 3.26. The topological polar surface area (TPSA) is 141 Å². The van der Waals surface area contributed by atoms with E-state index in [0.717, 1.165) is 17.3 Å². The molecule has 0 unspecified atom stereocenters. The predicted octanol–water partition coefficient (Wildman–Crippen LogP) is 1.62. The van der Waals surface area contributed by atoms with Crippen LogP contribution in [-0.4, -0.2) is 57.0 Å². The lowest BCUT2D eigenvalue weighted by molar-refractivity contribution is 0.0985. The van der Waals surface area contributed by atoms with Gasteiger partial charge >= 0.3 is 0 Å². The van der Waals surface area contributed by atoms with Crippen molar-refractivity contribution in [2.45, 2.75) is 13.0 Å². The Bertz CT molecular complexity index is 890. The van der Waals surface area contributed by atoms with E-state index in [2.05, 4.69) is 16.9 Å². The molecule has 10 heteroatoms. The Labute approximate surface area is 154 Å². The average molecular weight is 372 g/mol. The second kappa shape index (κ2) is 7.67. The SMILES string of the molecule is C[C@@H]1COCCN1c1cc(C(=N)SC=N)c2cnn(C(=N)/C=C\N)c2n1. The fraction of sp³-hybridized carbons (Fsp3) is 0.312. The Morgan fingerprint density at radius 3 is 2.96 bits per heavy atom. The van der Waals surface area contributed by atoms with Gasteiger partial charge in [0.1, 0.15) is 16.7 Å². The second-order valence-electron chi connectivity index (χ2n) is 5.75. The third-order valence-electron chi connectivity index (χ3n) is 4.09. The lowest BCUT2D eigenvalue weighted by Gasteiger charge is -2.34. The summed E-state index contributed by atoms with van der Waals surface area (Å²) >= 11 is 1.01. The summed E-state index contributed by atoms with van der Waals surface area (Å²) < 4.78 is 6.88. The van der Waals surface area contributed by atoms with Crippen LogP contribution in [0.4, 0.5) is 5.82 Å². The van der Waals surface area contributed by atoms with Gasteiger partial charge in [-0.1, -0.05) is 11.8 Å². The van der Waals surface area contributed by atoms with Crippen LogP contribution >= 0.6 is 11.8 Å². The number of thioether (sulfide) groups is 1. The zero-order chi connectivity index (χ0) is 18.7. The molecule has 1 aliphatic rings. The van der Waals surface area contributed by atoms with Crippen molar-refractivity contribution in [2.24, 2.45) is 5.73 Å². The summed E-state index contributed by atoms with van der Waals surface area (Å²) in [6, 6.07) is 1.99. The highest BCUT2D eigenvalue weighted by molar-refractivity contribution is 8.25. The van der Waals surface area contributed by atoms with Crippen LogP contribution in [0.15, 0.2) is 24.5 Å². The number of fused-ring (bicyclic) bond motifs is 1. The summed E-state index contributed by atoms with van der Waals surface area (Å²) in [6.45, 7) is 3.96. The van der Waals surface area contributed by atoms with E-state index in [1.54, 1.807) is 6.20 Å². The van der Waals surface area contributed by atoms with E-state index >= 15 is 0 Å². The van der Waals surface area contributed by atoms with Gasteiger partial charge in [-0.05, 0) is 25.3 Å². The molecule has 1 fully saturated rings. The zero-order valence-electron chi connectivity index (χ0n) is 14.3. The van der Waals surface area contributed by atoms with E-state index in [1.807, 2.05) is 6.07 Å². The molecule has 2 aromatic heterocycles. The van der Waals surface area contributed by atoms with Crippen LogP contribution in [0.3, 0.4) is 0 Å². The molecule has 0 saturated carbocycles. The van der Waals surface area contributed by atoms with E-state index in [9.17, 15) is 0 Å². The highest BCUT2D eigenvalue weighted by atomic mass is 32.2. The molecule has 0 radical (unpaired) electrons. The first-order valence-electron chi connectivity index (χ1n) is 8.01. The molecule has 26 heavy (non-hydrogen) atoms. The van der Waals surface area contributed by atoms with Crippen molar-refractivity contribution in [3.8, 4) is 0 Å². The number of hydrogen-bond donors (Lipinski definition) is 4. The Morgan fingerprint density at radius 1 is 1.46 bits per heavy atom. The molecule has 2 aromatic rings. The number of hydrogen-bond acceptors (Lipinski definition) is 9. The third-order valence-corrected chi connectivity index (χ3v) is 4.67. The Hall–Kier alpha value is -2.72. The molecule has 3 heterocycles. The van der Waals surface area contributed by atoms with Crippen molar-refractivity contribution in [3.05, 3.63) is 30.1 Å². The highest BCUT2D eigenvalue weighted by Gasteiger charge is 2.23. The minimum Gasteiger partial charge on any atom is -0.404 e. The number of morpholine rings is 1. The summed E-state index contributed by atoms with van der Waals surface area (Å²) in [7, 11) is 0. The summed E-state index contributed by atoms with van der Waals surface area (Å²) in [4.78, 5) is 6.83. The third kappa shape index (κ3) is 3.33. The van der Waals surface area contributed by atoms with E-state index in [0.29, 0.717) is 42.2 Å². The molecule has 0 bridgehead atoms. The maximum atomic E-state index is 8.29. The van der Waals surface area contributed by atoms with E-state index in [4.69, 9.17) is 31.7 Å². The maximum Gasteiger partial charge on any atom is 0.167 e. The summed E-state index contributed by atoms with van der Waals surface area (Å²) in [6.07, 6.45) is 4.29. The largest absolute Gasteiger partial charge is 0.404 e. The van der Waals surface area contributed by atoms with Gasteiger partial charge in [-0.15, -0.1) is 0 Å². The van der Waals surface area contributed by atoms with Gasteiger partial charge in [0, 0.05) is 17.5 Å². The smallest absolute Gasteiger partial charge is 0.167 e. The molecular formula is C16H20N8OS. The van der Waals surface area contributed by atoms with E-state index in [1.165, 1.54) is 17.0 Å². The van der Waals surface area contributed by atoms with Gasteiger partial charge in [0.05, 0.1) is 31.0 Å². The zero-order valence-corrected chi connectivity index (χ0v) is 15.1. The first-order valence-corrected chi connectivity index (χ1v) is 8.89. The monoisotopic (exact) mass is 372 g/mol. The average Bonchev–Trinajstić information content (AvgIpc) is 3.05. The number of anilines is 1. The van der Waals surface area contributed by atoms with Crippen LogP contribution in [0.1, 0.15) is 12.5 Å². The van der Waals surface area contributed by atoms with Crippen molar-refractivity contribution in [2.75, 3.05) is 24.7 Å². The summed E-state index contributed by atoms with van der Waals surface area (Å²) in [5, 5.41) is 28.8. The Balaban J connectivity index is 2.18. The van der Waals surface area contributed by atoms with Gasteiger partial charge < -0.3 is 20.8 Å². The molecule has 0 aromatic carbocycles. The normalized spacial score (nSPS) is 17.7. The summed E-state index contributed by atoms with van der Waals surface area (Å²) in [5.41, 5.74) is 7.63. The van der Waals surface area contributed by atoms with Gasteiger partial charge in [-0.3, -0.25) is 10.8 Å². The number of nitrogens with two attached hydrogens (primary N) is 1. The van der Waals surface area contributed by atoms with Gasteiger partial charge in [0.2, 0.25) is 0 Å². The number of pyridine rings is 1. The van der Waals surface area contributed by atoms with E-state index in [-0.39, 0.29) is 16.9 Å². The maximum absolute atomic E-state index is 8.29. The molecule has 0 aliphatic carbocycles. The lowest BCUT2D eigenvalue weighted by atomic mass is 10.1. The molecule has 3 rings (SSSR count). The number of nitrogens with one attached hydrogen (secondary N) is 3. The first kappa shape index (κ1) is 18.1. The van der Waals surface area contributed by atoms with Crippen LogP contribution < -0.4 is 10.6 Å². The molecule has 1 atom stereocenters. The molecule has 1 aliphatic heterocycles. The standard InChI is InChI=1S/C16H20N8OS/c1-10-8-25-5-4-23(10)14-6-11(15(20)26-9-18)12-7-21-24(16(12)22-14)13(19)2-3-17/h2-3,6-7,9-10,18-20H,4-5,8,17H2,1H3/b3-2-,18-9?,19-13?,20-15?/t10-/m1/s1. The van der Waals surface area contributed by atoms with Crippen LogP contribution in [-0.2, 0) is 4.74 Å². The number of aromatic nitrogens is 3. The van der Waals surface area contributed by atoms with Crippen molar-refractivity contribution in [1.82, 2.24) is 14.8 Å². The number of rotatable bonds is 4. The molecule has 136 valence electrons. The molecule has 9 nitrogen and oxygen atoms in total. The highest BCUT2D eigenvalue weighted by Crippen LogP contribution is 2.27. The van der Waals surface area contributed by atoms with Crippen molar-refractivity contribution in [3.63, 3.8) is 0 Å². The van der Waals surface area contributed by atoms with E-state index < -0.39 is 0 Å². The molecule has 0 amide bonds. The van der Waals surface area contributed by atoms with Crippen molar-refractivity contribution >= 4 is 45.0 Å². The van der Waals surface area contributed by atoms with Crippen LogP contribution in [0.5, 0.6) is 0 Å². The molecule has 0 spiro atoms. The quantitative estimate of drug-likeness (QED) is 0.475. The Kier molecular flexibility index (Phi) is 5.33. The van der Waals surface area contributed by atoms with Gasteiger partial charge in [-0.25, -0.2) is 4.98 Å². The second-order valence-corrected chi connectivity index (χ2v) is 6.63. The van der Waals surface area contributed by atoms with Crippen LogP contribution in [0.25, 0.3) is 11.0 Å². The molecular weight excluding hydrogens is 352 g/mol. The molecule has 5 N–H and O–H groups in total. The van der Waals surface area contributed by atoms with Crippen molar-refractivity contribution < 1.29 is 4.74 Å². The summed E-state index contributed by atoms with van der Waals surface area (Å²) in [5.74, 6) is 0.782. The fourth-order valence-electron chi connectivity index (χ4n) is 2.85. The van der Waals surface area contributed by atoms with Gasteiger partial charge in [0.25, 0.3) is 0 Å².